The van der Waals surface area contributed by atoms with Gasteiger partial charge in [0.2, 0.25) is 0 Å². The molecular formula is C17H25NO2. The van der Waals surface area contributed by atoms with Crippen molar-refractivity contribution in [3.05, 3.63) is 29.3 Å². The Morgan fingerprint density at radius 3 is 2.85 bits per heavy atom. The van der Waals surface area contributed by atoms with Crippen molar-refractivity contribution in [1.29, 1.82) is 0 Å². The molecule has 0 bridgehead atoms. The third-order valence-electron chi connectivity index (χ3n) is 4.49. The van der Waals surface area contributed by atoms with Crippen LogP contribution < -0.4 is 10.1 Å². The number of ether oxygens (including phenoxy) is 2. The smallest absolute Gasteiger partial charge is 0.126 e. The standard InChI is InChI=1S/C17H25NO2/c1-12-6-3-7-14-15(8-4-11-20-17(12)14)18-13(2)16-9-5-10-19-16/h3,6-7,13,15-16,18H,4-5,8-11H2,1-2H3. The van der Waals surface area contributed by atoms with E-state index in [2.05, 4.69) is 37.4 Å². The highest BCUT2D eigenvalue weighted by Gasteiger charge is 2.27. The lowest BCUT2D eigenvalue weighted by molar-refractivity contribution is 0.0792. The lowest BCUT2D eigenvalue weighted by atomic mass is 9.98. The van der Waals surface area contributed by atoms with Crippen LogP contribution in [0.1, 0.15) is 49.8 Å². The molecule has 1 saturated heterocycles. The molecule has 3 heteroatoms. The summed E-state index contributed by atoms with van der Waals surface area (Å²) in [5, 5.41) is 3.78. The molecule has 2 heterocycles. The Kier molecular flexibility index (Phi) is 4.27. The van der Waals surface area contributed by atoms with Crippen molar-refractivity contribution < 1.29 is 9.47 Å². The molecule has 0 amide bonds. The molecule has 2 aliphatic heterocycles. The Morgan fingerprint density at radius 1 is 1.20 bits per heavy atom. The number of fused-ring (bicyclic) bond motifs is 1. The molecule has 20 heavy (non-hydrogen) atoms. The topological polar surface area (TPSA) is 30.5 Å². The number of nitrogens with one attached hydrogen (secondary N) is 1. The molecule has 1 aromatic rings. The maximum atomic E-state index is 5.95. The summed E-state index contributed by atoms with van der Waals surface area (Å²) in [5.41, 5.74) is 2.55. The first kappa shape index (κ1) is 13.9. The van der Waals surface area contributed by atoms with Crippen molar-refractivity contribution in [2.45, 2.75) is 57.7 Å². The van der Waals surface area contributed by atoms with Crippen LogP contribution in [0, 0.1) is 6.92 Å². The van der Waals surface area contributed by atoms with Gasteiger partial charge in [0, 0.05) is 24.3 Å². The number of para-hydroxylation sites is 1. The van der Waals surface area contributed by atoms with Gasteiger partial charge in [0.05, 0.1) is 12.7 Å². The van der Waals surface area contributed by atoms with Gasteiger partial charge < -0.3 is 14.8 Å². The number of aryl methyl sites for hydroxylation is 1. The molecule has 3 nitrogen and oxygen atoms in total. The molecule has 1 N–H and O–H groups in total. The van der Waals surface area contributed by atoms with E-state index in [1.165, 1.54) is 24.0 Å². The predicted octanol–water partition coefficient (Wildman–Crippen LogP) is 3.37. The molecule has 3 unspecified atom stereocenters. The van der Waals surface area contributed by atoms with E-state index in [1.54, 1.807) is 0 Å². The van der Waals surface area contributed by atoms with E-state index in [1.807, 2.05) is 0 Å². The first-order valence-electron chi connectivity index (χ1n) is 7.85. The average Bonchev–Trinajstić information content (AvgIpc) is 2.90. The van der Waals surface area contributed by atoms with Crippen LogP contribution in [0.2, 0.25) is 0 Å². The molecule has 3 rings (SSSR count). The fraction of sp³-hybridized carbons (Fsp3) is 0.647. The van der Waals surface area contributed by atoms with Gasteiger partial charge in [0.1, 0.15) is 5.75 Å². The first-order chi connectivity index (χ1) is 9.75. The van der Waals surface area contributed by atoms with Crippen molar-refractivity contribution >= 4 is 0 Å². The number of rotatable bonds is 3. The molecule has 3 atom stereocenters. The van der Waals surface area contributed by atoms with Crippen molar-refractivity contribution in [2.24, 2.45) is 0 Å². The summed E-state index contributed by atoms with van der Waals surface area (Å²) in [7, 11) is 0. The van der Waals surface area contributed by atoms with Crippen LogP contribution in [0.5, 0.6) is 5.75 Å². The highest BCUT2D eigenvalue weighted by atomic mass is 16.5. The van der Waals surface area contributed by atoms with Crippen molar-refractivity contribution in [2.75, 3.05) is 13.2 Å². The first-order valence-corrected chi connectivity index (χ1v) is 7.85. The Hall–Kier alpha value is -1.06. The van der Waals surface area contributed by atoms with Crippen molar-refractivity contribution in [3.63, 3.8) is 0 Å². The molecule has 0 aromatic heterocycles. The van der Waals surface area contributed by atoms with Gasteiger partial charge in [-0.05, 0) is 45.1 Å². The highest BCUT2D eigenvalue weighted by molar-refractivity contribution is 5.43. The number of hydrogen-bond acceptors (Lipinski definition) is 3. The van der Waals surface area contributed by atoms with Gasteiger partial charge in [-0.1, -0.05) is 18.2 Å². The number of benzene rings is 1. The zero-order valence-electron chi connectivity index (χ0n) is 12.5. The van der Waals surface area contributed by atoms with Crippen LogP contribution in [-0.4, -0.2) is 25.4 Å². The van der Waals surface area contributed by atoms with Gasteiger partial charge in [0.25, 0.3) is 0 Å². The van der Waals surface area contributed by atoms with Gasteiger partial charge in [-0.15, -0.1) is 0 Å². The molecular weight excluding hydrogens is 250 g/mol. The van der Waals surface area contributed by atoms with E-state index in [0.717, 1.165) is 31.8 Å². The van der Waals surface area contributed by atoms with Crippen LogP contribution in [-0.2, 0) is 4.74 Å². The van der Waals surface area contributed by atoms with Gasteiger partial charge >= 0.3 is 0 Å². The fourth-order valence-corrected chi connectivity index (χ4v) is 3.36. The zero-order valence-corrected chi connectivity index (χ0v) is 12.5. The summed E-state index contributed by atoms with van der Waals surface area (Å²) in [5.74, 6) is 1.09. The maximum Gasteiger partial charge on any atom is 0.126 e. The minimum atomic E-state index is 0.368. The van der Waals surface area contributed by atoms with Gasteiger partial charge in [-0.2, -0.15) is 0 Å². The maximum absolute atomic E-state index is 5.95. The summed E-state index contributed by atoms with van der Waals surface area (Å²) in [6.45, 7) is 6.12. The lowest BCUT2D eigenvalue weighted by Gasteiger charge is -2.27. The summed E-state index contributed by atoms with van der Waals surface area (Å²) >= 11 is 0. The van der Waals surface area contributed by atoms with E-state index in [0.29, 0.717) is 18.2 Å². The second kappa shape index (κ2) is 6.15. The van der Waals surface area contributed by atoms with Crippen molar-refractivity contribution in [1.82, 2.24) is 5.32 Å². The summed E-state index contributed by atoms with van der Waals surface area (Å²) in [6.07, 6.45) is 4.97. The largest absolute Gasteiger partial charge is 0.493 e. The van der Waals surface area contributed by atoms with Crippen molar-refractivity contribution in [3.8, 4) is 5.75 Å². The highest BCUT2D eigenvalue weighted by Crippen LogP contribution is 2.34. The third-order valence-corrected chi connectivity index (χ3v) is 4.49. The normalized spacial score (nSPS) is 27.5. The van der Waals surface area contributed by atoms with Crippen LogP contribution in [0.3, 0.4) is 0 Å². The summed E-state index contributed by atoms with van der Waals surface area (Å²) in [4.78, 5) is 0. The molecule has 1 fully saturated rings. The Balaban J connectivity index is 1.77. The fourth-order valence-electron chi connectivity index (χ4n) is 3.36. The van der Waals surface area contributed by atoms with Gasteiger partial charge in [-0.25, -0.2) is 0 Å². The summed E-state index contributed by atoms with van der Waals surface area (Å²) < 4.78 is 11.8. The van der Waals surface area contributed by atoms with E-state index < -0.39 is 0 Å². The van der Waals surface area contributed by atoms with E-state index in [9.17, 15) is 0 Å². The monoisotopic (exact) mass is 275 g/mol. The molecule has 0 aliphatic carbocycles. The average molecular weight is 275 g/mol. The molecule has 110 valence electrons. The quantitative estimate of drug-likeness (QED) is 0.917. The predicted molar refractivity (Wildman–Crippen MR) is 80.2 cm³/mol. The zero-order chi connectivity index (χ0) is 13.9. The molecule has 2 aliphatic rings. The Bertz CT molecular complexity index is 454. The lowest BCUT2D eigenvalue weighted by Crippen LogP contribution is -2.39. The number of hydrogen-bond donors (Lipinski definition) is 1. The SMILES string of the molecule is Cc1cccc2c1OCCCC2NC(C)C1CCCO1. The van der Waals surface area contributed by atoms with E-state index in [4.69, 9.17) is 9.47 Å². The molecule has 0 spiro atoms. The van der Waals surface area contributed by atoms with Crippen LogP contribution in [0.4, 0.5) is 0 Å². The summed E-state index contributed by atoms with van der Waals surface area (Å²) in [6, 6.07) is 7.24. The minimum Gasteiger partial charge on any atom is -0.493 e. The van der Waals surface area contributed by atoms with Crippen LogP contribution >= 0.6 is 0 Å². The third kappa shape index (κ3) is 2.84. The van der Waals surface area contributed by atoms with E-state index in [-0.39, 0.29) is 0 Å². The Labute approximate surface area is 121 Å². The molecule has 0 saturated carbocycles. The minimum absolute atomic E-state index is 0.368. The van der Waals surface area contributed by atoms with E-state index >= 15 is 0 Å². The van der Waals surface area contributed by atoms with Crippen LogP contribution in [0.25, 0.3) is 0 Å². The van der Waals surface area contributed by atoms with Crippen LogP contribution in [0.15, 0.2) is 18.2 Å². The van der Waals surface area contributed by atoms with Gasteiger partial charge in [0.15, 0.2) is 0 Å². The molecule has 1 aromatic carbocycles. The second-order valence-corrected chi connectivity index (χ2v) is 6.04. The molecule has 0 radical (unpaired) electrons. The second-order valence-electron chi connectivity index (χ2n) is 6.04. The Morgan fingerprint density at radius 2 is 2.05 bits per heavy atom. The van der Waals surface area contributed by atoms with Gasteiger partial charge in [-0.3, -0.25) is 0 Å².